The van der Waals surface area contributed by atoms with Gasteiger partial charge in [-0.15, -0.1) is 0 Å². The summed E-state index contributed by atoms with van der Waals surface area (Å²) in [6, 6.07) is 0. The Morgan fingerprint density at radius 3 is 2.23 bits per heavy atom. The van der Waals surface area contributed by atoms with E-state index in [0.717, 1.165) is 0 Å². The molecule has 1 nitrogen and oxygen atoms in total. The fourth-order valence-electron chi connectivity index (χ4n) is 1.65. The van der Waals surface area contributed by atoms with E-state index in [-0.39, 0.29) is 0 Å². The standard InChI is InChI=1S/C12H23N/c1-11(7-8-12(2,3)4)13-9-5-6-10-13/h7H,5-6,8-10H2,1-4H3/b11-7+. The Morgan fingerprint density at radius 2 is 1.77 bits per heavy atom. The van der Waals surface area contributed by atoms with E-state index in [2.05, 4.69) is 38.7 Å². The summed E-state index contributed by atoms with van der Waals surface area (Å²) in [5.41, 5.74) is 1.91. The maximum Gasteiger partial charge on any atom is 0.0175 e. The van der Waals surface area contributed by atoms with Crippen molar-refractivity contribution in [2.75, 3.05) is 13.1 Å². The Hall–Kier alpha value is -0.460. The van der Waals surface area contributed by atoms with Crippen molar-refractivity contribution in [3.63, 3.8) is 0 Å². The molecule has 0 aliphatic carbocycles. The smallest absolute Gasteiger partial charge is 0.0175 e. The van der Waals surface area contributed by atoms with Crippen LogP contribution in [0, 0.1) is 5.41 Å². The lowest BCUT2D eigenvalue weighted by molar-refractivity contribution is 0.396. The van der Waals surface area contributed by atoms with Crippen LogP contribution in [0.3, 0.4) is 0 Å². The van der Waals surface area contributed by atoms with Gasteiger partial charge in [0.05, 0.1) is 0 Å². The minimum atomic E-state index is 0.432. The zero-order chi connectivity index (χ0) is 9.90. The topological polar surface area (TPSA) is 3.24 Å². The summed E-state index contributed by atoms with van der Waals surface area (Å²) < 4.78 is 0. The number of nitrogens with zero attached hydrogens (tertiary/aromatic N) is 1. The van der Waals surface area contributed by atoms with Gasteiger partial charge in [0, 0.05) is 18.8 Å². The summed E-state index contributed by atoms with van der Waals surface area (Å²) in [7, 11) is 0. The number of rotatable bonds is 2. The molecule has 1 heterocycles. The van der Waals surface area contributed by atoms with Gasteiger partial charge in [-0.3, -0.25) is 0 Å². The summed E-state index contributed by atoms with van der Waals surface area (Å²) in [5, 5.41) is 0. The molecule has 0 bridgehead atoms. The van der Waals surface area contributed by atoms with Crippen LogP contribution in [0.15, 0.2) is 11.8 Å². The van der Waals surface area contributed by atoms with E-state index >= 15 is 0 Å². The molecule has 76 valence electrons. The molecule has 0 spiro atoms. The summed E-state index contributed by atoms with van der Waals surface area (Å²) in [4.78, 5) is 2.51. The molecule has 0 aromatic heterocycles. The Bertz CT molecular complexity index is 180. The van der Waals surface area contributed by atoms with Gasteiger partial charge >= 0.3 is 0 Å². The third kappa shape index (κ3) is 3.84. The van der Waals surface area contributed by atoms with Gasteiger partial charge < -0.3 is 4.90 Å². The Kier molecular flexibility index (Phi) is 3.40. The first-order valence-electron chi connectivity index (χ1n) is 5.41. The number of hydrogen-bond acceptors (Lipinski definition) is 1. The van der Waals surface area contributed by atoms with Gasteiger partial charge in [-0.25, -0.2) is 0 Å². The molecule has 0 N–H and O–H groups in total. The fourth-order valence-corrected chi connectivity index (χ4v) is 1.65. The predicted molar refractivity (Wildman–Crippen MR) is 58.6 cm³/mol. The van der Waals surface area contributed by atoms with Crippen LogP contribution >= 0.6 is 0 Å². The highest BCUT2D eigenvalue weighted by Crippen LogP contribution is 2.22. The molecule has 0 radical (unpaired) electrons. The highest BCUT2D eigenvalue weighted by Gasteiger charge is 2.13. The van der Waals surface area contributed by atoms with Crippen LogP contribution in [-0.4, -0.2) is 18.0 Å². The predicted octanol–water partition coefficient (Wildman–Crippen LogP) is 3.42. The summed E-state index contributed by atoms with van der Waals surface area (Å²) in [6.45, 7) is 11.7. The average Bonchev–Trinajstić information content (AvgIpc) is 2.50. The second kappa shape index (κ2) is 4.17. The molecule has 13 heavy (non-hydrogen) atoms. The minimum absolute atomic E-state index is 0.432. The molecule has 1 aliphatic heterocycles. The van der Waals surface area contributed by atoms with Crippen molar-refractivity contribution in [3.05, 3.63) is 11.8 Å². The quantitative estimate of drug-likeness (QED) is 0.631. The molecule has 0 saturated carbocycles. The highest BCUT2D eigenvalue weighted by atomic mass is 15.1. The first kappa shape index (κ1) is 10.6. The average molecular weight is 181 g/mol. The molecule has 1 heteroatoms. The number of likely N-dealkylation sites (tertiary alicyclic amines) is 1. The second-order valence-corrected chi connectivity index (χ2v) is 5.30. The van der Waals surface area contributed by atoms with Crippen molar-refractivity contribution >= 4 is 0 Å². The van der Waals surface area contributed by atoms with Crippen LogP contribution in [-0.2, 0) is 0 Å². The lowest BCUT2D eigenvalue weighted by atomic mass is 9.92. The van der Waals surface area contributed by atoms with Crippen molar-refractivity contribution in [1.29, 1.82) is 0 Å². The van der Waals surface area contributed by atoms with Crippen LogP contribution < -0.4 is 0 Å². The SMILES string of the molecule is C/C(=C\CC(C)(C)C)N1CCCC1. The zero-order valence-corrected chi connectivity index (χ0v) is 9.56. The van der Waals surface area contributed by atoms with Gasteiger partial charge in [0.25, 0.3) is 0 Å². The Labute approximate surface area is 82.8 Å². The normalized spacial score (nSPS) is 19.7. The van der Waals surface area contributed by atoms with Crippen molar-refractivity contribution in [1.82, 2.24) is 4.90 Å². The maximum absolute atomic E-state index is 2.51. The number of hydrogen-bond donors (Lipinski definition) is 0. The van der Waals surface area contributed by atoms with Crippen molar-refractivity contribution in [3.8, 4) is 0 Å². The lowest BCUT2D eigenvalue weighted by Crippen LogP contribution is -2.17. The third-order valence-electron chi connectivity index (χ3n) is 2.61. The lowest BCUT2D eigenvalue weighted by Gasteiger charge is -2.21. The van der Waals surface area contributed by atoms with E-state index in [1.165, 1.54) is 38.0 Å². The molecule has 1 rings (SSSR count). The van der Waals surface area contributed by atoms with Crippen molar-refractivity contribution < 1.29 is 0 Å². The van der Waals surface area contributed by atoms with Crippen LogP contribution in [0.2, 0.25) is 0 Å². The Morgan fingerprint density at radius 1 is 1.23 bits per heavy atom. The maximum atomic E-state index is 2.51. The van der Waals surface area contributed by atoms with Gasteiger partial charge in [0.2, 0.25) is 0 Å². The van der Waals surface area contributed by atoms with Gasteiger partial charge in [-0.1, -0.05) is 26.8 Å². The van der Waals surface area contributed by atoms with Crippen LogP contribution in [0.5, 0.6) is 0 Å². The van der Waals surface area contributed by atoms with Gasteiger partial charge in [-0.05, 0) is 31.6 Å². The summed E-state index contributed by atoms with van der Waals surface area (Å²) in [5.74, 6) is 0. The van der Waals surface area contributed by atoms with Crippen LogP contribution in [0.1, 0.15) is 47.0 Å². The van der Waals surface area contributed by atoms with E-state index in [9.17, 15) is 0 Å². The second-order valence-electron chi connectivity index (χ2n) is 5.30. The van der Waals surface area contributed by atoms with E-state index in [1.54, 1.807) is 0 Å². The summed E-state index contributed by atoms with van der Waals surface area (Å²) >= 11 is 0. The van der Waals surface area contributed by atoms with Gasteiger partial charge in [-0.2, -0.15) is 0 Å². The molecule has 0 aromatic rings. The molecule has 0 unspecified atom stereocenters. The zero-order valence-electron chi connectivity index (χ0n) is 9.56. The van der Waals surface area contributed by atoms with Crippen molar-refractivity contribution in [2.24, 2.45) is 5.41 Å². The molecule has 0 aromatic carbocycles. The van der Waals surface area contributed by atoms with Crippen LogP contribution in [0.4, 0.5) is 0 Å². The molecule has 1 saturated heterocycles. The van der Waals surface area contributed by atoms with E-state index in [0.29, 0.717) is 5.41 Å². The monoisotopic (exact) mass is 181 g/mol. The van der Waals surface area contributed by atoms with Gasteiger partial charge in [0.1, 0.15) is 0 Å². The molecule has 1 aliphatic rings. The van der Waals surface area contributed by atoms with E-state index in [4.69, 9.17) is 0 Å². The Balaban J connectivity index is 2.41. The number of allylic oxidation sites excluding steroid dienone is 2. The van der Waals surface area contributed by atoms with E-state index in [1.807, 2.05) is 0 Å². The van der Waals surface area contributed by atoms with Crippen molar-refractivity contribution in [2.45, 2.75) is 47.0 Å². The molecule has 0 amide bonds. The third-order valence-corrected chi connectivity index (χ3v) is 2.61. The molecular weight excluding hydrogens is 158 g/mol. The molecular formula is C12H23N. The molecule has 1 fully saturated rings. The first-order chi connectivity index (χ1) is 5.99. The van der Waals surface area contributed by atoms with Crippen LogP contribution in [0.25, 0.3) is 0 Å². The largest absolute Gasteiger partial charge is 0.375 e. The first-order valence-corrected chi connectivity index (χ1v) is 5.41. The minimum Gasteiger partial charge on any atom is -0.375 e. The molecule has 0 atom stereocenters. The van der Waals surface area contributed by atoms with E-state index < -0.39 is 0 Å². The fraction of sp³-hybridized carbons (Fsp3) is 0.833. The summed E-state index contributed by atoms with van der Waals surface area (Å²) in [6.07, 6.45) is 6.34. The highest BCUT2D eigenvalue weighted by molar-refractivity contribution is 5.00. The van der Waals surface area contributed by atoms with Gasteiger partial charge in [0.15, 0.2) is 0 Å².